The highest BCUT2D eigenvalue weighted by atomic mass is 16.5. The van der Waals surface area contributed by atoms with Gasteiger partial charge in [0.1, 0.15) is 0 Å². The monoisotopic (exact) mass is 555 g/mol. The number of pyridine rings is 1. The molecule has 1 aromatic heterocycles. The Labute approximate surface area is 244 Å². The van der Waals surface area contributed by atoms with Crippen LogP contribution in [0.5, 0.6) is 0 Å². The lowest BCUT2D eigenvalue weighted by Crippen LogP contribution is -2.40. The van der Waals surface area contributed by atoms with Gasteiger partial charge in [0.15, 0.2) is 0 Å². The average molecular weight is 556 g/mol. The van der Waals surface area contributed by atoms with Crippen molar-refractivity contribution in [2.75, 3.05) is 24.7 Å². The lowest BCUT2D eigenvalue weighted by Gasteiger charge is -2.37. The van der Waals surface area contributed by atoms with Crippen molar-refractivity contribution in [2.24, 2.45) is 11.8 Å². The van der Waals surface area contributed by atoms with Gasteiger partial charge in [0, 0.05) is 54.9 Å². The van der Waals surface area contributed by atoms with Crippen LogP contribution in [0.1, 0.15) is 77.8 Å². The van der Waals surface area contributed by atoms with E-state index < -0.39 is 0 Å². The smallest absolute Gasteiger partial charge is 0.253 e. The van der Waals surface area contributed by atoms with Crippen molar-refractivity contribution in [3.63, 3.8) is 0 Å². The first-order valence-corrected chi connectivity index (χ1v) is 15.3. The van der Waals surface area contributed by atoms with Crippen LogP contribution in [0.25, 0.3) is 11.1 Å². The summed E-state index contributed by atoms with van der Waals surface area (Å²) in [7, 11) is 0. The minimum Gasteiger partial charge on any atom is -0.381 e. The van der Waals surface area contributed by atoms with Crippen molar-refractivity contribution < 1.29 is 9.53 Å². The third kappa shape index (κ3) is 6.59. The number of rotatable bonds is 9. The van der Waals surface area contributed by atoms with E-state index in [1.54, 1.807) is 0 Å². The van der Waals surface area contributed by atoms with Crippen LogP contribution in [-0.2, 0) is 17.7 Å². The minimum absolute atomic E-state index is 0.151. The summed E-state index contributed by atoms with van der Waals surface area (Å²) in [5, 5.41) is 3.05. The van der Waals surface area contributed by atoms with Gasteiger partial charge in [0.25, 0.3) is 11.5 Å². The summed E-state index contributed by atoms with van der Waals surface area (Å²) in [4.78, 5) is 31.6. The van der Waals surface area contributed by atoms with Gasteiger partial charge >= 0.3 is 0 Å². The number of aromatic nitrogens is 1. The number of aryl methyl sites for hydroxylation is 2. The number of aromatic amines is 1. The number of ether oxygens (including phenoxy) is 1. The maximum atomic E-state index is 13.7. The highest BCUT2D eigenvalue weighted by Gasteiger charge is 2.26. The zero-order valence-corrected chi connectivity index (χ0v) is 25.3. The van der Waals surface area contributed by atoms with Gasteiger partial charge < -0.3 is 19.9 Å². The Balaban J connectivity index is 1.47. The number of carbonyl (C=O) groups excluding carboxylic acids is 1. The highest BCUT2D eigenvalue weighted by molar-refractivity contribution is 5.99. The van der Waals surface area contributed by atoms with Gasteiger partial charge in [0.05, 0.1) is 0 Å². The number of carbonyl (C=O) groups is 1. The molecule has 0 radical (unpaired) electrons. The fourth-order valence-electron chi connectivity index (χ4n) is 6.79. The van der Waals surface area contributed by atoms with Crippen molar-refractivity contribution in [2.45, 2.75) is 79.3 Å². The maximum absolute atomic E-state index is 13.7. The zero-order valence-electron chi connectivity index (χ0n) is 25.3. The van der Waals surface area contributed by atoms with E-state index in [9.17, 15) is 9.59 Å². The summed E-state index contributed by atoms with van der Waals surface area (Å²) < 4.78 is 5.65. The number of benzene rings is 2. The zero-order chi connectivity index (χ0) is 29.1. The lowest BCUT2D eigenvalue weighted by molar-refractivity contribution is 0.0846. The first-order chi connectivity index (χ1) is 19.7. The Morgan fingerprint density at radius 2 is 1.73 bits per heavy atom. The van der Waals surface area contributed by atoms with E-state index in [4.69, 9.17) is 4.74 Å². The molecule has 41 heavy (non-hydrogen) atoms. The maximum Gasteiger partial charge on any atom is 0.253 e. The fraction of sp³-hybridized carbons (Fsp3) is 0.486. The van der Waals surface area contributed by atoms with Crippen molar-refractivity contribution in [3.05, 3.63) is 86.3 Å². The second-order valence-electron chi connectivity index (χ2n) is 12.3. The number of nitrogens with zero attached hydrogens (tertiary/aromatic N) is 1. The molecule has 1 aliphatic heterocycles. The molecule has 2 N–H and O–H groups in total. The van der Waals surface area contributed by atoms with E-state index in [1.165, 1.54) is 18.4 Å². The molecule has 1 saturated heterocycles. The van der Waals surface area contributed by atoms with Crippen molar-refractivity contribution in [1.29, 1.82) is 0 Å². The minimum atomic E-state index is -0.163. The molecule has 2 aliphatic rings. The quantitative estimate of drug-likeness (QED) is 0.316. The molecule has 6 heteroatoms. The topological polar surface area (TPSA) is 74.4 Å². The van der Waals surface area contributed by atoms with E-state index in [1.807, 2.05) is 32.9 Å². The molecule has 2 fully saturated rings. The number of anilines is 1. The molecule has 0 spiro atoms. The van der Waals surface area contributed by atoms with Crippen LogP contribution in [0.3, 0.4) is 0 Å². The fourth-order valence-corrected chi connectivity index (χ4v) is 6.79. The third-order valence-corrected chi connectivity index (χ3v) is 9.11. The Morgan fingerprint density at radius 3 is 2.37 bits per heavy atom. The molecule has 2 heterocycles. The predicted molar refractivity (Wildman–Crippen MR) is 167 cm³/mol. The van der Waals surface area contributed by atoms with Gasteiger partial charge in [-0.3, -0.25) is 9.59 Å². The van der Waals surface area contributed by atoms with E-state index >= 15 is 0 Å². The molecule has 6 nitrogen and oxygen atoms in total. The summed E-state index contributed by atoms with van der Waals surface area (Å²) >= 11 is 0. The number of H-pyrrole nitrogens is 1. The molecule has 0 bridgehead atoms. The standard InChI is InChI=1S/C35H45N3O3/c1-6-38(30-11-13-41-14-12-30)33-20-29(28-9-7-26(8-10-28)18-27-15-22(2)16-27)19-31(25(33)5)34(39)36-21-32-23(3)17-24(4)37-35(32)40/h7-10,17,19-20,22,27,30H,6,11-16,18,21H2,1-5H3,(H,36,39)(H,37,40). The predicted octanol–water partition coefficient (Wildman–Crippen LogP) is 6.49. The van der Waals surface area contributed by atoms with E-state index in [0.29, 0.717) is 17.2 Å². The second-order valence-corrected chi connectivity index (χ2v) is 12.3. The summed E-state index contributed by atoms with van der Waals surface area (Å²) in [6, 6.07) is 15.5. The van der Waals surface area contributed by atoms with Crippen LogP contribution in [-0.4, -0.2) is 36.7 Å². The van der Waals surface area contributed by atoms with Gasteiger partial charge in [-0.2, -0.15) is 0 Å². The van der Waals surface area contributed by atoms with Gasteiger partial charge in [-0.1, -0.05) is 31.2 Å². The van der Waals surface area contributed by atoms with Crippen LogP contribution in [0.4, 0.5) is 5.69 Å². The SMILES string of the molecule is CCN(c1cc(-c2ccc(CC3CC(C)C3)cc2)cc(C(=O)NCc2c(C)cc(C)[nH]c2=O)c1C)C1CCOCC1. The largest absolute Gasteiger partial charge is 0.381 e. The van der Waals surface area contributed by atoms with Gasteiger partial charge in [-0.05, 0) is 118 Å². The van der Waals surface area contributed by atoms with E-state index in [0.717, 1.165) is 84.5 Å². The van der Waals surface area contributed by atoms with Crippen LogP contribution in [0.2, 0.25) is 0 Å². The summed E-state index contributed by atoms with van der Waals surface area (Å²) in [6.07, 6.45) is 5.75. The highest BCUT2D eigenvalue weighted by Crippen LogP contribution is 2.37. The second kappa shape index (κ2) is 12.6. The van der Waals surface area contributed by atoms with Crippen molar-refractivity contribution in [1.82, 2.24) is 10.3 Å². The number of nitrogens with one attached hydrogen (secondary N) is 2. The molecule has 1 aliphatic carbocycles. The molecule has 218 valence electrons. The lowest BCUT2D eigenvalue weighted by atomic mass is 9.73. The molecule has 1 saturated carbocycles. The van der Waals surface area contributed by atoms with Crippen LogP contribution >= 0.6 is 0 Å². The number of amides is 1. The van der Waals surface area contributed by atoms with Crippen LogP contribution in [0.15, 0.2) is 47.3 Å². The summed E-state index contributed by atoms with van der Waals surface area (Å²) in [6.45, 7) is 12.9. The van der Waals surface area contributed by atoms with Gasteiger partial charge in [0.2, 0.25) is 0 Å². The van der Waals surface area contributed by atoms with Crippen LogP contribution in [0, 0.1) is 32.6 Å². The number of hydrogen-bond acceptors (Lipinski definition) is 4. The molecular formula is C35H45N3O3. The Morgan fingerprint density at radius 1 is 1.02 bits per heavy atom. The van der Waals surface area contributed by atoms with Gasteiger partial charge in [-0.15, -0.1) is 0 Å². The normalized spacial score (nSPS) is 19.0. The number of hydrogen-bond donors (Lipinski definition) is 2. The van der Waals surface area contributed by atoms with E-state index in [2.05, 4.69) is 59.4 Å². The van der Waals surface area contributed by atoms with Crippen molar-refractivity contribution >= 4 is 11.6 Å². The average Bonchev–Trinajstić information content (AvgIpc) is 2.94. The van der Waals surface area contributed by atoms with Crippen molar-refractivity contribution in [3.8, 4) is 11.1 Å². The summed E-state index contributed by atoms with van der Waals surface area (Å²) in [5.74, 6) is 1.50. The summed E-state index contributed by atoms with van der Waals surface area (Å²) in [5.41, 5.74) is 8.37. The molecule has 0 unspecified atom stereocenters. The Hall–Kier alpha value is -3.38. The van der Waals surface area contributed by atoms with Gasteiger partial charge in [-0.25, -0.2) is 0 Å². The Kier molecular flexibility index (Phi) is 8.98. The first-order valence-electron chi connectivity index (χ1n) is 15.3. The molecular weight excluding hydrogens is 510 g/mol. The third-order valence-electron chi connectivity index (χ3n) is 9.11. The molecule has 5 rings (SSSR count). The molecule has 0 atom stereocenters. The van der Waals surface area contributed by atoms with E-state index in [-0.39, 0.29) is 18.0 Å². The molecule has 1 amide bonds. The molecule has 2 aromatic carbocycles. The van der Waals surface area contributed by atoms with Crippen LogP contribution < -0.4 is 15.8 Å². The first kappa shape index (κ1) is 29.1. The Bertz CT molecular complexity index is 1430. The molecule has 3 aromatic rings.